The minimum absolute atomic E-state index is 0.356. The number of fused-ring (bicyclic) bond motifs is 2. The topological polar surface area (TPSA) is 69.6 Å². The summed E-state index contributed by atoms with van der Waals surface area (Å²) in [6.45, 7) is 3.32. The lowest BCUT2D eigenvalue weighted by molar-refractivity contribution is -0.139. The fourth-order valence-corrected chi connectivity index (χ4v) is 6.75. The lowest BCUT2D eigenvalue weighted by atomic mass is 9.93. The molecule has 0 spiro atoms. The lowest BCUT2D eigenvalue weighted by Gasteiger charge is -2.27. The number of carboxylic acid groups (broad SMARTS) is 1. The highest BCUT2D eigenvalue weighted by Crippen LogP contribution is 2.33. The van der Waals surface area contributed by atoms with Gasteiger partial charge >= 0.3 is 5.97 Å². The summed E-state index contributed by atoms with van der Waals surface area (Å²) >= 11 is 1.56. The van der Waals surface area contributed by atoms with Gasteiger partial charge in [-0.05, 0) is 105 Å². The highest BCUT2D eigenvalue weighted by atomic mass is 32.2. The van der Waals surface area contributed by atoms with E-state index in [1.54, 1.807) is 11.8 Å². The number of carboxylic acids is 1. The monoisotopic (exact) mass is 638 g/mol. The highest BCUT2D eigenvalue weighted by molar-refractivity contribution is 7.98. The Kier molecular flexibility index (Phi) is 9.89. The first kappa shape index (κ1) is 31.9. The van der Waals surface area contributed by atoms with Crippen LogP contribution in [0, 0.1) is 6.92 Å². The van der Waals surface area contributed by atoms with E-state index in [2.05, 4.69) is 95.1 Å². The van der Waals surface area contributed by atoms with Gasteiger partial charge in [0.05, 0.1) is 0 Å². The molecule has 0 bridgehead atoms. The molecule has 2 N–H and O–H groups in total. The summed E-state index contributed by atoms with van der Waals surface area (Å²) in [6, 6.07) is 42.8. The summed E-state index contributed by atoms with van der Waals surface area (Å²) in [7, 11) is 0. The maximum absolute atomic E-state index is 13.7. The second kappa shape index (κ2) is 14.6. The quantitative estimate of drug-likeness (QED) is 0.131. The molecule has 0 saturated heterocycles. The molecule has 0 aliphatic carbocycles. The standard InChI is InChI=1S/C41H38N2O3S/c1-28-12-6-9-17-33(28)37-24-29(20-21-36(37)40(44)42-39(41(45)46)22-23-47-2)26-43(32-15-4-3-5-16-32)27-38-34-18-10-7-13-30(34)25-31-14-8-11-19-35(31)38/h3-21,24-25,39H,22-23,26-27H2,1-2H3,(H,42,44)(H,45,46)/t39-/m0/s1. The molecule has 6 rings (SSSR count). The zero-order valence-electron chi connectivity index (χ0n) is 26.6. The van der Waals surface area contributed by atoms with Crippen molar-refractivity contribution in [1.29, 1.82) is 0 Å². The van der Waals surface area contributed by atoms with Crippen molar-refractivity contribution in [3.63, 3.8) is 0 Å². The number of nitrogens with zero attached hydrogens (tertiary/aromatic N) is 1. The number of carbonyl (C=O) groups is 2. The molecule has 1 amide bonds. The smallest absolute Gasteiger partial charge is 0.326 e. The molecule has 0 aliphatic rings. The van der Waals surface area contributed by atoms with E-state index >= 15 is 0 Å². The maximum Gasteiger partial charge on any atom is 0.326 e. The maximum atomic E-state index is 13.7. The molecule has 1 atom stereocenters. The molecule has 0 fully saturated rings. The number of aliphatic carboxylic acids is 1. The molecule has 0 aromatic heterocycles. The molecule has 0 saturated carbocycles. The molecule has 47 heavy (non-hydrogen) atoms. The Hall–Kier alpha value is -5.07. The molecule has 236 valence electrons. The van der Waals surface area contributed by atoms with Gasteiger partial charge in [0.1, 0.15) is 6.04 Å². The van der Waals surface area contributed by atoms with Gasteiger partial charge in [0.25, 0.3) is 5.91 Å². The van der Waals surface area contributed by atoms with Crippen LogP contribution in [0.1, 0.15) is 33.5 Å². The zero-order valence-corrected chi connectivity index (χ0v) is 27.5. The van der Waals surface area contributed by atoms with Crippen LogP contribution in [-0.2, 0) is 17.9 Å². The number of rotatable bonds is 12. The highest BCUT2D eigenvalue weighted by Gasteiger charge is 2.23. The van der Waals surface area contributed by atoms with Crippen molar-refractivity contribution < 1.29 is 14.7 Å². The van der Waals surface area contributed by atoms with Crippen molar-refractivity contribution in [2.75, 3.05) is 16.9 Å². The van der Waals surface area contributed by atoms with Gasteiger partial charge in [0, 0.05) is 24.3 Å². The summed E-state index contributed by atoms with van der Waals surface area (Å²) in [5, 5.41) is 17.5. The number of benzene rings is 6. The molecular formula is C41H38N2O3S. The summed E-state index contributed by atoms with van der Waals surface area (Å²) in [4.78, 5) is 28.0. The van der Waals surface area contributed by atoms with Gasteiger partial charge in [0.2, 0.25) is 0 Å². The van der Waals surface area contributed by atoms with E-state index in [1.165, 1.54) is 27.1 Å². The Labute approximate surface area is 280 Å². The van der Waals surface area contributed by atoms with Gasteiger partial charge in [-0.2, -0.15) is 11.8 Å². The van der Waals surface area contributed by atoms with Gasteiger partial charge in [-0.3, -0.25) is 4.79 Å². The van der Waals surface area contributed by atoms with Gasteiger partial charge in [0.15, 0.2) is 0 Å². The molecule has 0 radical (unpaired) electrons. The second-order valence-electron chi connectivity index (χ2n) is 11.8. The number of hydrogen-bond donors (Lipinski definition) is 2. The minimum Gasteiger partial charge on any atom is -0.480 e. The third-order valence-corrected chi connectivity index (χ3v) is 9.35. The Bertz CT molecular complexity index is 1990. The van der Waals surface area contributed by atoms with Crippen LogP contribution in [0.15, 0.2) is 127 Å². The number of anilines is 1. The minimum atomic E-state index is -1.03. The Morgan fingerprint density at radius 1 is 0.745 bits per heavy atom. The molecule has 6 aromatic rings. The van der Waals surface area contributed by atoms with E-state index < -0.39 is 12.0 Å². The van der Waals surface area contributed by atoms with Crippen molar-refractivity contribution >= 4 is 50.9 Å². The molecule has 5 nitrogen and oxygen atoms in total. The van der Waals surface area contributed by atoms with Crippen LogP contribution in [0.2, 0.25) is 0 Å². The molecule has 0 unspecified atom stereocenters. The first-order valence-electron chi connectivity index (χ1n) is 15.8. The Morgan fingerprint density at radius 3 is 2.04 bits per heavy atom. The molecular weight excluding hydrogens is 601 g/mol. The fraction of sp³-hybridized carbons (Fsp3) is 0.171. The molecule has 6 heteroatoms. The first-order chi connectivity index (χ1) is 22.9. The summed E-state index contributed by atoms with van der Waals surface area (Å²) in [6.07, 6.45) is 2.28. The first-order valence-corrected chi connectivity index (χ1v) is 17.2. The van der Waals surface area contributed by atoms with Crippen molar-refractivity contribution in [2.24, 2.45) is 0 Å². The number of aryl methyl sites for hydroxylation is 1. The van der Waals surface area contributed by atoms with E-state index in [0.717, 1.165) is 27.9 Å². The third kappa shape index (κ3) is 7.18. The predicted molar refractivity (Wildman–Crippen MR) is 196 cm³/mol. The van der Waals surface area contributed by atoms with Gasteiger partial charge in [-0.1, -0.05) is 97.1 Å². The summed E-state index contributed by atoms with van der Waals surface area (Å²) in [5.41, 5.74) is 6.65. The lowest BCUT2D eigenvalue weighted by Crippen LogP contribution is -2.41. The largest absolute Gasteiger partial charge is 0.480 e. The molecule has 0 aliphatic heterocycles. The normalized spacial score (nSPS) is 11.8. The van der Waals surface area contributed by atoms with Crippen molar-refractivity contribution in [3.05, 3.63) is 150 Å². The Balaban J connectivity index is 1.42. The van der Waals surface area contributed by atoms with E-state index in [-0.39, 0.29) is 5.91 Å². The van der Waals surface area contributed by atoms with E-state index in [0.29, 0.717) is 30.8 Å². The van der Waals surface area contributed by atoms with Gasteiger partial charge in [-0.25, -0.2) is 4.79 Å². The number of amides is 1. The van der Waals surface area contributed by atoms with Crippen LogP contribution in [0.5, 0.6) is 0 Å². The van der Waals surface area contributed by atoms with E-state index in [4.69, 9.17) is 0 Å². The number of hydrogen-bond acceptors (Lipinski definition) is 4. The van der Waals surface area contributed by atoms with E-state index in [1.807, 2.05) is 55.6 Å². The average Bonchev–Trinajstić information content (AvgIpc) is 3.10. The molecule has 6 aromatic carbocycles. The van der Waals surface area contributed by atoms with Crippen LogP contribution in [0.3, 0.4) is 0 Å². The second-order valence-corrected chi connectivity index (χ2v) is 12.8. The zero-order chi connectivity index (χ0) is 32.8. The Morgan fingerprint density at radius 2 is 1.38 bits per heavy atom. The van der Waals surface area contributed by atoms with Crippen LogP contribution in [-0.4, -0.2) is 35.0 Å². The van der Waals surface area contributed by atoms with Crippen molar-refractivity contribution in [2.45, 2.75) is 32.5 Å². The molecule has 0 heterocycles. The average molecular weight is 639 g/mol. The van der Waals surface area contributed by atoms with Crippen LogP contribution in [0.25, 0.3) is 32.7 Å². The van der Waals surface area contributed by atoms with E-state index in [9.17, 15) is 14.7 Å². The van der Waals surface area contributed by atoms with Gasteiger partial charge in [-0.15, -0.1) is 0 Å². The van der Waals surface area contributed by atoms with Crippen molar-refractivity contribution in [1.82, 2.24) is 5.32 Å². The SMILES string of the molecule is CSCC[C@H](NC(=O)c1ccc(CN(Cc2c3ccccc3cc3ccccc23)c2ccccc2)cc1-c1ccccc1C)C(=O)O. The van der Waals surface area contributed by atoms with Crippen molar-refractivity contribution in [3.8, 4) is 11.1 Å². The number of para-hydroxylation sites is 1. The van der Waals surface area contributed by atoms with Crippen LogP contribution >= 0.6 is 11.8 Å². The fourth-order valence-electron chi connectivity index (χ4n) is 6.28. The third-order valence-electron chi connectivity index (χ3n) is 8.70. The predicted octanol–water partition coefficient (Wildman–Crippen LogP) is 9.11. The summed E-state index contributed by atoms with van der Waals surface area (Å²) in [5.74, 6) is -0.770. The number of thioether (sulfide) groups is 1. The van der Waals surface area contributed by atoms with Gasteiger partial charge < -0.3 is 15.3 Å². The van der Waals surface area contributed by atoms with Crippen LogP contribution < -0.4 is 10.2 Å². The van der Waals surface area contributed by atoms with Crippen LogP contribution in [0.4, 0.5) is 5.69 Å². The number of nitrogens with one attached hydrogen (secondary N) is 1. The summed E-state index contributed by atoms with van der Waals surface area (Å²) < 4.78 is 0. The number of carbonyl (C=O) groups excluding carboxylic acids is 1.